The standard InChI is InChI=1S/C18H17FN4O/c19-13-4-3-5-14(12-13)20-18-21-16-7-2-1-6-15(16)17(22-18)23-8-10-24-11-9-23/h1-7,12H,8-11H2,(H,20,21,22). The second-order valence-electron chi connectivity index (χ2n) is 5.62. The molecular formula is C18H17FN4O. The lowest BCUT2D eigenvalue weighted by molar-refractivity contribution is 0.122. The van der Waals surface area contributed by atoms with Gasteiger partial charge in [-0.15, -0.1) is 0 Å². The summed E-state index contributed by atoms with van der Waals surface area (Å²) in [4.78, 5) is 11.4. The zero-order valence-corrected chi connectivity index (χ0v) is 13.1. The number of para-hydroxylation sites is 1. The van der Waals surface area contributed by atoms with Crippen molar-refractivity contribution in [3.05, 3.63) is 54.3 Å². The smallest absolute Gasteiger partial charge is 0.229 e. The molecule has 0 radical (unpaired) electrons. The van der Waals surface area contributed by atoms with Crippen molar-refractivity contribution >= 4 is 28.4 Å². The summed E-state index contributed by atoms with van der Waals surface area (Å²) < 4.78 is 18.8. The van der Waals surface area contributed by atoms with Crippen molar-refractivity contribution in [3.8, 4) is 0 Å². The maximum atomic E-state index is 13.4. The summed E-state index contributed by atoms with van der Waals surface area (Å²) >= 11 is 0. The molecule has 1 aromatic heterocycles. The minimum Gasteiger partial charge on any atom is -0.378 e. The van der Waals surface area contributed by atoms with Gasteiger partial charge in [-0.3, -0.25) is 0 Å². The van der Waals surface area contributed by atoms with E-state index in [-0.39, 0.29) is 5.82 Å². The van der Waals surface area contributed by atoms with Crippen molar-refractivity contribution in [2.75, 3.05) is 36.5 Å². The van der Waals surface area contributed by atoms with E-state index < -0.39 is 0 Å². The lowest BCUT2D eigenvalue weighted by atomic mass is 10.2. The van der Waals surface area contributed by atoms with Gasteiger partial charge < -0.3 is 15.0 Å². The van der Waals surface area contributed by atoms with Crippen LogP contribution in [-0.4, -0.2) is 36.3 Å². The lowest BCUT2D eigenvalue weighted by Gasteiger charge is -2.29. The molecule has 4 rings (SSSR count). The highest BCUT2D eigenvalue weighted by Crippen LogP contribution is 2.27. The number of morpholine rings is 1. The molecule has 1 N–H and O–H groups in total. The van der Waals surface area contributed by atoms with Crippen LogP contribution in [0.15, 0.2) is 48.5 Å². The van der Waals surface area contributed by atoms with E-state index >= 15 is 0 Å². The van der Waals surface area contributed by atoms with Crippen molar-refractivity contribution in [1.82, 2.24) is 9.97 Å². The summed E-state index contributed by atoms with van der Waals surface area (Å²) in [6.45, 7) is 2.96. The maximum absolute atomic E-state index is 13.4. The second-order valence-corrected chi connectivity index (χ2v) is 5.62. The maximum Gasteiger partial charge on any atom is 0.229 e. The number of hydrogen-bond acceptors (Lipinski definition) is 5. The molecule has 3 aromatic rings. The van der Waals surface area contributed by atoms with Gasteiger partial charge in [0.05, 0.1) is 18.7 Å². The molecule has 0 bridgehead atoms. The van der Waals surface area contributed by atoms with Gasteiger partial charge in [0.15, 0.2) is 0 Å². The fraction of sp³-hybridized carbons (Fsp3) is 0.222. The summed E-state index contributed by atoms with van der Waals surface area (Å²) in [5.74, 6) is 1.04. The van der Waals surface area contributed by atoms with Crippen LogP contribution in [0.1, 0.15) is 0 Å². The number of anilines is 3. The SMILES string of the molecule is Fc1cccc(Nc2nc(N3CCOCC3)c3ccccc3n2)c1. The second kappa shape index (κ2) is 6.41. The number of nitrogens with one attached hydrogen (secondary N) is 1. The molecule has 1 aliphatic heterocycles. The van der Waals surface area contributed by atoms with E-state index in [1.54, 1.807) is 12.1 Å². The average Bonchev–Trinajstić information content (AvgIpc) is 2.62. The van der Waals surface area contributed by atoms with Crippen LogP contribution in [0.25, 0.3) is 10.9 Å². The summed E-state index contributed by atoms with van der Waals surface area (Å²) in [5, 5.41) is 4.10. The van der Waals surface area contributed by atoms with Gasteiger partial charge in [0.2, 0.25) is 5.95 Å². The van der Waals surface area contributed by atoms with Crippen LogP contribution < -0.4 is 10.2 Å². The van der Waals surface area contributed by atoms with Crippen LogP contribution in [0.5, 0.6) is 0 Å². The number of benzene rings is 2. The molecule has 0 saturated carbocycles. The molecule has 1 saturated heterocycles. The quantitative estimate of drug-likeness (QED) is 0.801. The minimum absolute atomic E-state index is 0.297. The third kappa shape index (κ3) is 3.00. The number of nitrogens with zero attached hydrogens (tertiary/aromatic N) is 3. The monoisotopic (exact) mass is 324 g/mol. The first-order chi connectivity index (χ1) is 11.8. The first-order valence-electron chi connectivity index (χ1n) is 7.92. The van der Waals surface area contributed by atoms with E-state index in [9.17, 15) is 4.39 Å². The van der Waals surface area contributed by atoms with Crippen LogP contribution in [0.4, 0.5) is 21.8 Å². The highest BCUT2D eigenvalue weighted by atomic mass is 19.1. The van der Waals surface area contributed by atoms with Gasteiger partial charge in [0, 0.05) is 24.2 Å². The Bertz CT molecular complexity index is 865. The Morgan fingerprint density at radius 2 is 1.83 bits per heavy atom. The van der Waals surface area contributed by atoms with Gasteiger partial charge in [-0.1, -0.05) is 18.2 Å². The van der Waals surface area contributed by atoms with Crippen molar-refractivity contribution < 1.29 is 9.13 Å². The molecule has 0 aliphatic carbocycles. The Morgan fingerprint density at radius 3 is 2.67 bits per heavy atom. The number of aromatic nitrogens is 2. The van der Waals surface area contributed by atoms with Crippen LogP contribution >= 0.6 is 0 Å². The molecule has 0 amide bonds. The van der Waals surface area contributed by atoms with Gasteiger partial charge >= 0.3 is 0 Å². The van der Waals surface area contributed by atoms with Gasteiger partial charge in [-0.2, -0.15) is 4.98 Å². The van der Waals surface area contributed by atoms with Gasteiger partial charge in [-0.05, 0) is 30.3 Å². The van der Waals surface area contributed by atoms with Crippen LogP contribution in [-0.2, 0) is 4.74 Å². The summed E-state index contributed by atoms with van der Waals surface area (Å²) in [6.07, 6.45) is 0. The van der Waals surface area contributed by atoms with Crippen molar-refractivity contribution in [3.63, 3.8) is 0 Å². The molecule has 0 spiro atoms. The molecule has 122 valence electrons. The number of hydrogen-bond donors (Lipinski definition) is 1. The molecule has 1 aliphatic rings. The lowest BCUT2D eigenvalue weighted by Crippen LogP contribution is -2.37. The molecule has 2 heterocycles. The predicted molar refractivity (Wildman–Crippen MR) is 92.3 cm³/mol. The number of rotatable bonds is 3. The highest BCUT2D eigenvalue weighted by molar-refractivity contribution is 5.90. The van der Waals surface area contributed by atoms with Crippen molar-refractivity contribution in [2.45, 2.75) is 0 Å². The summed E-state index contributed by atoms with van der Waals surface area (Å²) in [5.41, 5.74) is 1.48. The third-order valence-corrected chi connectivity index (χ3v) is 3.97. The molecule has 5 nitrogen and oxygen atoms in total. The normalized spacial score (nSPS) is 14.8. The fourth-order valence-electron chi connectivity index (χ4n) is 2.83. The highest BCUT2D eigenvalue weighted by Gasteiger charge is 2.17. The molecule has 0 atom stereocenters. The number of fused-ring (bicyclic) bond motifs is 1. The zero-order valence-electron chi connectivity index (χ0n) is 13.1. The zero-order chi connectivity index (χ0) is 16.4. The van der Waals surface area contributed by atoms with Gasteiger partial charge in [-0.25, -0.2) is 9.37 Å². The first-order valence-corrected chi connectivity index (χ1v) is 7.92. The number of ether oxygens (including phenoxy) is 1. The van der Waals surface area contributed by atoms with E-state index in [0.717, 1.165) is 29.8 Å². The third-order valence-electron chi connectivity index (χ3n) is 3.97. The number of halogens is 1. The minimum atomic E-state index is -0.297. The summed E-state index contributed by atoms with van der Waals surface area (Å²) in [7, 11) is 0. The van der Waals surface area contributed by atoms with Crippen molar-refractivity contribution in [2.24, 2.45) is 0 Å². The molecule has 2 aromatic carbocycles. The molecule has 0 unspecified atom stereocenters. The van der Waals surface area contributed by atoms with Crippen LogP contribution in [0.3, 0.4) is 0 Å². The molecular weight excluding hydrogens is 307 g/mol. The molecule has 1 fully saturated rings. The molecule has 6 heteroatoms. The van der Waals surface area contributed by atoms with Crippen LogP contribution in [0, 0.1) is 5.82 Å². The predicted octanol–water partition coefficient (Wildman–Crippen LogP) is 3.35. The summed E-state index contributed by atoms with van der Waals surface area (Å²) in [6, 6.07) is 14.2. The van der Waals surface area contributed by atoms with Gasteiger partial charge in [0.25, 0.3) is 0 Å². The Labute approximate surface area is 139 Å². The van der Waals surface area contributed by atoms with E-state index in [2.05, 4.69) is 20.2 Å². The van der Waals surface area contributed by atoms with E-state index in [1.165, 1.54) is 12.1 Å². The Morgan fingerprint density at radius 1 is 1.00 bits per heavy atom. The van der Waals surface area contributed by atoms with E-state index in [4.69, 9.17) is 4.74 Å². The largest absolute Gasteiger partial charge is 0.378 e. The average molecular weight is 324 g/mol. The Kier molecular flexibility index (Phi) is 3.96. The Balaban J connectivity index is 1.76. The van der Waals surface area contributed by atoms with E-state index in [1.807, 2.05) is 24.3 Å². The first kappa shape index (κ1) is 14.8. The topological polar surface area (TPSA) is 50.3 Å². The molecule has 24 heavy (non-hydrogen) atoms. The van der Waals surface area contributed by atoms with Crippen LogP contribution in [0.2, 0.25) is 0 Å². The Hall–Kier alpha value is -2.73. The van der Waals surface area contributed by atoms with Crippen molar-refractivity contribution in [1.29, 1.82) is 0 Å². The van der Waals surface area contributed by atoms with Gasteiger partial charge in [0.1, 0.15) is 11.6 Å². The fourth-order valence-corrected chi connectivity index (χ4v) is 2.83. The van der Waals surface area contributed by atoms with E-state index in [0.29, 0.717) is 24.8 Å².